The average Bonchev–Trinajstić information content (AvgIpc) is 2.78. The Bertz CT molecular complexity index is 495. The average molecular weight is 329 g/mol. The Labute approximate surface area is 120 Å². The van der Waals surface area contributed by atoms with E-state index >= 15 is 0 Å². The van der Waals surface area contributed by atoms with Gasteiger partial charge in [0.05, 0.1) is 12.3 Å². The van der Waals surface area contributed by atoms with E-state index in [-0.39, 0.29) is 6.04 Å². The Balaban J connectivity index is 2.30. The summed E-state index contributed by atoms with van der Waals surface area (Å²) in [5.41, 5.74) is 2.28. The number of rotatable bonds is 5. The van der Waals surface area contributed by atoms with Gasteiger partial charge in [-0.25, -0.2) is 0 Å². The quantitative estimate of drug-likeness (QED) is 0.854. The highest BCUT2D eigenvalue weighted by atomic mass is 79.9. The van der Waals surface area contributed by atoms with Crippen molar-refractivity contribution in [2.75, 3.05) is 6.54 Å². The van der Waals surface area contributed by atoms with Crippen LogP contribution in [0.2, 0.25) is 5.02 Å². The molecule has 0 fully saturated rings. The number of benzene rings is 1. The normalized spacial score (nSPS) is 12.6. The molecule has 1 N–H and O–H groups in total. The van der Waals surface area contributed by atoms with Crippen LogP contribution in [0.5, 0.6) is 0 Å². The van der Waals surface area contributed by atoms with E-state index in [1.165, 1.54) is 5.56 Å². The molecule has 0 amide bonds. The predicted molar refractivity (Wildman–Crippen MR) is 78.0 cm³/mol. The fraction of sp³-hybridized carbons (Fsp3) is 0.286. The maximum Gasteiger partial charge on any atom is 0.174 e. The third-order valence-electron chi connectivity index (χ3n) is 2.76. The van der Waals surface area contributed by atoms with E-state index in [1.807, 2.05) is 30.3 Å². The molecule has 0 saturated carbocycles. The molecule has 0 aliphatic heterocycles. The highest BCUT2D eigenvalue weighted by Gasteiger charge is 2.17. The summed E-state index contributed by atoms with van der Waals surface area (Å²) in [5.74, 6) is 0. The Hall–Kier alpha value is -0.770. The minimum absolute atomic E-state index is 0.121. The minimum Gasteiger partial charge on any atom is -0.457 e. The Morgan fingerprint density at radius 1 is 1.28 bits per heavy atom. The lowest BCUT2D eigenvalue weighted by atomic mass is 10.0. The summed E-state index contributed by atoms with van der Waals surface area (Å²) in [6.07, 6.45) is 2.77. The van der Waals surface area contributed by atoms with E-state index < -0.39 is 0 Å². The van der Waals surface area contributed by atoms with Gasteiger partial charge in [-0.15, -0.1) is 0 Å². The molecular weight excluding hydrogens is 314 g/mol. The second-order valence-corrected chi connectivity index (χ2v) is 5.25. The van der Waals surface area contributed by atoms with Gasteiger partial charge in [0.1, 0.15) is 0 Å². The van der Waals surface area contributed by atoms with Crippen LogP contribution in [0, 0.1) is 0 Å². The monoisotopic (exact) mass is 327 g/mol. The van der Waals surface area contributed by atoms with Crippen LogP contribution in [0.15, 0.2) is 45.7 Å². The van der Waals surface area contributed by atoms with Crippen LogP contribution in [-0.2, 0) is 0 Å². The number of halogens is 2. The van der Waals surface area contributed by atoms with Gasteiger partial charge in [0.2, 0.25) is 0 Å². The molecule has 0 bridgehead atoms. The molecule has 0 aliphatic carbocycles. The van der Waals surface area contributed by atoms with Gasteiger partial charge < -0.3 is 9.73 Å². The van der Waals surface area contributed by atoms with Crippen molar-refractivity contribution in [3.8, 4) is 0 Å². The first-order valence-corrected chi connectivity index (χ1v) is 7.11. The first kappa shape index (κ1) is 13.7. The lowest BCUT2D eigenvalue weighted by Gasteiger charge is -2.18. The van der Waals surface area contributed by atoms with Gasteiger partial charge in [0.15, 0.2) is 4.67 Å². The van der Waals surface area contributed by atoms with Gasteiger partial charge >= 0.3 is 0 Å². The first-order valence-electron chi connectivity index (χ1n) is 5.94. The van der Waals surface area contributed by atoms with Crippen molar-refractivity contribution in [3.63, 3.8) is 0 Å². The van der Waals surface area contributed by atoms with Crippen LogP contribution < -0.4 is 5.32 Å². The van der Waals surface area contributed by atoms with E-state index in [1.54, 1.807) is 6.26 Å². The zero-order chi connectivity index (χ0) is 13.0. The Morgan fingerprint density at radius 2 is 2.00 bits per heavy atom. The molecule has 2 nitrogen and oxygen atoms in total. The maximum atomic E-state index is 5.93. The SMILES string of the molecule is CCCNC(c1ccc(Cl)cc1)c1ccoc1Br. The van der Waals surface area contributed by atoms with Gasteiger partial charge in [-0.2, -0.15) is 0 Å². The largest absolute Gasteiger partial charge is 0.457 e. The van der Waals surface area contributed by atoms with Gasteiger partial charge in [0.25, 0.3) is 0 Å². The lowest BCUT2D eigenvalue weighted by Crippen LogP contribution is -2.23. The van der Waals surface area contributed by atoms with Crippen molar-refractivity contribution in [2.45, 2.75) is 19.4 Å². The smallest absolute Gasteiger partial charge is 0.174 e. The molecule has 0 aliphatic rings. The molecule has 0 saturated heterocycles. The van der Waals surface area contributed by atoms with Crippen molar-refractivity contribution in [1.82, 2.24) is 5.32 Å². The van der Waals surface area contributed by atoms with Gasteiger partial charge in [0, 0.05) is 10.6 Å². The lowest BCUT2D eigenvalue weighted by molar-refractivity contribution is 0.523. The van der Waals surface area contributed by atoms with Crippen LogP contribution >= 0.6 is 27.5 Å². The highest BCUT2D eigenvalue weighted by molar-refractivity contribution is 9.10. The molecule has 1 unspecified atom stereocenters. The minimum atomic E-state index is 0.121. The van der Waals surface area contributed by atoms with Crippen molar-refractivity contribution in [2.24, 2.45) is 0 Å². The van der Waals surface area contributed by atoms with Gasteiger partial charge in [-0.05, 0) is 52.7 Å². The summed E-state index contributed by atoms with van der Waals surface area (Å²) >= 11 is 9.37. The Morgan fingerprint density at radius 3 is 2.56 bits per heavy atom. The van der Waals surface area contributed by atoms with E-state index in [4.69, 9.17) is 16.0 Å². The van der Waals surface area contributed by atoms with Crippen LogP contribution in [0.25, 0.3) is 0 Å². The molecule has 2 rings (SSSR count). The molecule has 1 heterocycles. The molecular formula is C14H15BrClNO. The van der Waals surface area contributed by atoms with Crippen molar-refractivity contribution in [1.29, 1.82) is 0 Å². The number of hydrogen-bond acceptors (Lipinski definition) is 2. The summed E-state index contributed by atoms with van der Waals surface area (Å²) in [6, 6.07) is 9.99. The summed E-state index contributed by atoms with van der Waals surface area (Å²) in [6.45, 7) is 3.10. The van der Waals surface area contributed by atoms with E-state index in [0.717, 1.165) is 28.2 Å². The molecule has 96 valence electrons. The summed E-state index contributed by atoms with van der Waals surface area (Å²) in [4.78, 5) is 0. The highest BCUT2D eigenvalue weighted by Crippen LogP contribution is 2.30. The fourth-order valence-electron chi connectivity index (χ4n) is 1.86. The third kappa shape index (κ3) is 3.16. The Kier molecular flexibility index (Phi) is 4.87. The van der Waals surface area contributed by atoms with E-state index in [0.29, 0.717) is 0 Å². The standard InChI is InChI=1S/C14H15BrClNO/c1-2-8-17-13(12-7-9-18-14(12)15)10-3-5-11(16)6-4-10/h3-7,9,13,17H,2,8H2,1H3. The van der Waals surface area contributed by atoms with Gasteiger partial charge in [-0.1, -0.05) is 30.7 Å². The van der Waals surface area contributed by atoms with Crippen LogP contribution in [0.1, 0.15) is 30.5 Å². The van der Waals surface area contributed by atoms with Gasteiger partial charge in [-0.3, -0.25) is 0 Å². The molecule has 0 spiro atoms. The zero-order valence-corrected chi connectivity index (χ0v) is 12.5. The molecule has 1 atom stereocenters. The van der Waals surface area contributed by atoms with Crippen molar-refractivity contribution in [3.05, 3.63) is 57.4 Å². The topological polar surface area (TPSA) is 25.2 Å². The second-order valence-electron chi connectivity index (χ2n) is 4.09. The van der Waals surface area contributed by atoms with Crippen molar-refractivity contribution < 1.29 is 4.42 Å². The molecule has 1 aromatic carbocycles. The molecule has 0 radical (unpaired) electrons. The van der Waals surface area contributed by atoms with Crippen molar-refractivity contribution >= 4 is 27.5 Å². The van der Waals surface area contributed by atoms with Crippen LogP contribution in [0.4, 0.5) is 0 Å². The van der Waals surface area contributed by atoms with Crippen LogP contribution in [-0.4, -0.2) is 6.54 Å². The van der Waals surface area contributed by atoms with E-state index in [2.05, 4.69) is 28.2 Å². The zero-order valence-electron chi connectivity index (χ0n) is 10.1. The number of nitrogens with one attached hydrogen (secondary N) is 1. The third-order valence-corrected chi connectivity index (χ3v) is 3.66. The first-order chi connectivity index (χ1) is 8.72. The maximum absolute atomic E-state index is 5.93. The summed E-state index contributed by atoms with van der Waals surface area (Å²) in [7, 11) is 0. The van der Waals surface area contributed by atoms with Crippen LogP contribution in [0.3, 0.4) is 0 Å². The molecule has 4 heteroatoms. The summed E-state index contributed by atoms with van der Waals surface area (Å²) < 4.78 is 6.09. The summed E-state index contributed by atoms with van der Waals surface area (Å²) in [5, 5.41) is 4.26. The number of furan rings is 1. The van der Waals surface area contributed by atoms with E-state index in [9.17, 15) is 0 Å². The number of hydrogen-bond donors (Lipinski definition) is 1. The predicted octanol–water partition coefficient (Wildman–Crippen LogP) is 4.78. The molecule has 18 heavy (non-hydrogen) atoms. The molecule has 2 aromatic rings. The second kappa shape index (κ2) is 6.41. The fourth-order valence-corrected chi connectivity index (χ4v) is 2.46. The molecule has 1 aromatic heterocycles.